The molecular formula is C6H8BrNO2S2. The molecule has 68 valence electrons. The molecule has 0 saturated carbocycles. The summed E-state index contributed by atoms with van der Waals surface area (Å²) in [5.41, 5.74) is 0. The molecule has 1 aromatic rings. The first-order valence-electron chi connectivity index (χ1n) is 3.15. The molecule has 0 atom stereocenters. The molecule has 12 heavy (non-hydrogen) atoms. The Morgan fingerprint density at radius 1 is 1.67 bits per heavy atom. The summed E-state index contributed by atoms with van der Waals surface area (Å²) in [6.45, 7) is 0.358. The first-order chi connectivity index (χ1) is 5.49. The van der Waals surface area contributed by atoms with Crippen LogP contribution in [0.3, 0.4) is 0 Å². The fourth-order valence-corrected chi connectivity index (χ4v) is 2.58. The highest BCUT2D eigenvalue weighted by molar-refractivity contribution is 9.10. The number of hydrogen-bond acceptors (Lipinski definition) is 3. The first-order valence-corrected chi connectivity index (χ1v) is 6.72. The van der Waals surface area contributed by atoms with Gasteiger partial charge in [-0.1, -0.05) is 0 Å². The van der Waals surface area contributed by atoms with Gasteiger partial charge < -0.3 is 0 Å². The van der Waals surface area contributed by atoms with E-state index in [1.807, 2.05) is 11.4 Å². The van der Waals surface area contributed by atoms with Crippen LogP contribution in [-0.2, 0) is 16.6 Å². The maximum absolute atomic E-state index is 10.7. The van der Waals surface area contributed by atoms with Crippen LogP contribution < -0.4 is 4.72 Å². The Hall–Kier alpha value is 0.0900. The standard InChI is InChI=1S/C6H8BrNO2S2/c1-12(9,10)8-4-6-5(7)2-3-11-6/h2-3,8H,4H2,1H3. The second kappa shape index (κ2) is 3.87. The van der Waals surface area contributed by atoms with Crippen molar-refractivity contribution in [2.75, 3.05) is 6.26 Å². The summed E-state index contributed by atoms with van der Waals surface area (Å²) in [7, 11) is -3.08. The SMILES string of the molecule is CS(=O)(=O)NCc1sccc1Br. The lowest BCUT2D eigenvalue weighted by molar-refractivity contribution is 0.588. The molecule has 0 spiro atoms. The molecular weight excluding hydrogens is 262 g/mol. The van der Waals surface area contributed by atoms with Crippen LogP contribution in [0.1, 0.15) is 4.88 Å². The summed E-state index contributed by atoms with van der Waals surface area (Å²) in [6.07, 6.45) is 1.15. The van der Waals surface area contributed by atoms with Gasteiger partial charge in [-0.2, -0.15) is 0 Å². The Balaban J connectivity index is 2.61. The van der Waals surface area contributed by atoms with Gasteiger partial charge in [0.25, 0.3) is 0 Å². The van der Waals surface area contributed by atoms with Crippen LogP contribution in [0, 0.1) is 0 Å². The summed E-state index contributed by atoms with van der Waals surface area (Å²) in [6, 6.07) is 1.89. The van der Waals surface area contributed by atoms with Gasteiger partial charge in [0, 0.05) is 15.9 Å². The van der Waals surface area contributed by atoms with Crippen LogP contribution in [-0.4, -0.2) is 14.7 Å². The summed E-state index contributed by atoms with van der Waals surface area (Å²) < 4.78 is 24.8. The van der Waals surface area contributed by atoms with Gasteiger partial charge in [0.2, 0.25) is 10.0 Å². The van der Waals surface area contributed by atoms with Gasteiger partial charge in [0.1, 0.15) is 0 Å². The maximum Gasteiger partial charge on any atom is 0.209 e. The van der Waals surface area contributed by atoms with Crippen molar-refractivity contribution in [3.8, 4) is 0 Å². The van der Waals surface area contributed by atoms with E-state index in [9.17, 15) is 8.42 Å². The minimum absolute atomic E-state index is 0.358. The lowest BCUT2D eigenvalue weighted by atomic mass is 10.5. The Morgan fingerprint density at radius 2 is 2.33 bits per heavy atom. The largest absolute Gasteiger partial charge is 0.213 e. The van der Waals surface area contributed by atoms with E-state index in [-0.39, 0.29) is 0 Å². The molecule has 0 bridgehead atoms. The molecule has 1 rings (SSSR count). The molecule has 0 radical (unpaired) electrons. The molecule has 0 amide bonds. The minimum atomic E-state index is -3.08. The predicted molar refractivity (Wildman–Crippen MR) is 53.7 cm³/mol. The van der Waals surface area contributed by atoms with E-state index in [1.54, 1.807) is 0 Å². The van der Waals surface area contributed by atoms with Crippen molar-refractivity contribution in [3.05, 3.63) is 20.8 Å². The molecule has 6 heteroatoms. The van der Waals surface area contributed by atoms with Crippen LogP contribution in [0.25, 0.3) is 0 Å². The Bertz CT molecular complexity index is 357. The van der Waals surface area contributed by atoms with E-state index in [0.717, 1.165) is 15.6 Å². The Kier molecular flexibility index (Phi) is 3.28. The van der Waals surface area contributed by atoms with Crippen LogP contribution in [0.15, 0.2) is 15.9 Å². The molecule has 1 aromatic heterocycles. The third-order valence-electron chi connectivity index (χ3n) is 1.19. The van der Waals surface area contributed by atoms with Crippen LogP contribution in [0.4, 0.5) is 0 Å². The lowest BCUT2D eigenvalue weighted by Crippen LogP contribution is -2.20. The molecule has 3 nitrogen and oxygen atoms in total. The molecule has 1 N–H and O–H groups in total. The Labute approximate surface area is 84.0 Å². The highest BCUT2D eigenvalue weighted by atomic mass is 79.9. The van der Waals surface area contributed by atoms with Crippen molar-refractivity contribution in [1.82, 2.24) is 4.72 Å². The van der Waals surface area contributed by atoms with Crippen molar-refractivity contribution in [3.63, 3.8) is 0 Å². The van der Waals surface area contributed by atoms with E-state index in [0.29, 0.717) is 6.54 Å². The van der Waals surface area contributed by atoms with Crippen molar-refractivity contribution in [1.29, 1.82) is 0 Å². The topological polar surface area (TPSA) is 46.2 Å². The van der Waals surface area contributed by atoms with Gasteiger partial charge in [0.05, 0.1) is 6.26 Å². The van der Waals surface area contributed by atoms with Crippen LogP contribution in [0.5, 0.6) is 0 Å². The van der Waals surface area contributed by atoms with E-state index in [4.69, 9.17) is 0 Å². The maximum atomic E-state index is 10.7. The van der Waals surface area contributed by atoms with Gasteiger partial charge in [-0.25, -0.2) is 13.1 Å². The van der Waals surface area contributed by atoms with Gasteiger partial charge in [-0.15, -0.1) is 11.3 Å². The molecule has 0 unspecified atom stereocenters. The van der Waals surface area contributed by atoms with Gasteiger partial charge >= 0.3 is 0 Å². The summed E-state index contributed by atoms with van der Waals surface area (Å²) in [5, 5.41) is 1.91. The second-order valence-corrected chi connectivity index (χ2v) is 5.97. The third-order valence-corrected chi connectivity index (χ3v) is 3.78. The first kappa shape index (κ1) is 10.2. The zero-order valence-corrected chi connectivity index (χ0v) is 9.59. The fraction of sp³-hybridized carbons (Fsp3) is 0.333. The van der Waals surface area contributed by atoms with Crippen molar-refractivity contribution in [2.45, 2.75) is 6.54 Å². The van der Waals surface area contributed by atoms with Crippen LogP contribution >= 0.6 is 27.3 Å². The molecule has 0 aliphatic carbocycles. The summed E-state index contributed by atoms with van der Waals surface area (Å²) >= 11 is 4.83. The quantitative estimate of drug-likeness (QED) is 0.906. The average Bonchev–Trinajstić information content (AvgIpc) is 2.29. The van der Waals surface area contributed by atoms with Crippen molar-refractivity contribution < 1.29 is 8.42 Å². The number of hydrogen-bond donors (Lipinski definition) is 1. The summed E-state index contributed by atoms with van der Waals surface area (Å²) in [4.78, 5) is 0.987. The normalized spacial score (nSPS) is 11.8. The van der Waals surface area contributed by atoms with Crippen molar-refractivity contribution in [2.24, 2.45) is 0 Å². The molecule has 0 aromatic carbocycles. The lowest BCUT2D eigenvalue weighted by Gasteiger charge is -1.99. The van der Waals surface area contributed by atoms with E-state index >= 15 is 0 Å². The van der Waals surface area contributed by atoms with Crippen molar-refractivity contribution >= 4 is 37.3 Å². The van der Waals surface area contributed by atoms with Gasteiger partial charge in [0.15, 0.2) is 0 Å². The summed E-state index contributed by atoms with van der Waals surface area (Å²) in [5.74, 6) is 0. The van der Waals surface area contributed by atoms with Crippen LogP contribution in [0.2, 0.25) is 0 Å². The monoisotopic (exact) mass is 269 g/mol. The molecule has 0 saturated heterocycles. The van der Waals surface area contributed by atoms with Gasteiger partial charge in [-0.05, 0) is 27.4 Å². The molecule has 0 aliphatic rings. The highest BCUT2D eigenvalue weighted by Gasteiger charge is 2.04. The molecule has 1 heterocycles. The highest BCUT2D eigenvalue weighted by Crippen LogP contribution is 2.22. The number of thiophene rings is 1. The third kappa shape index (κ3) is 3.22. The second-order valence-electron chi connectivity index (χ2n) is 2.28. The van der Waals surface area contributed by atoms with E-state index < -0.39 is 10.0 Å². The number of rotatable bonds is 3. The molecule has 0 fully saturated rings. The average molecular weight is 270 g/mol. The predicted octanol–water partition coefficient (Wildman–Crippen LogP) is 1.56. The fourth-order valence-electron chi connectivity index (χ4n) is 0.648. The number of nitrogens with one attached hydrogen (secondary N) is 1. The molecule has 0 aliphatic heterocycles. The zero-order chi connectivity index (χ0) is 9.19. The number of halogens is 1. The van der Waals surface area contributed by atoms with E-state index in [2.05, 4.69) is 20.7 Å². The minimum Gasteiger partial charge on any atom is -0.213 e. The van der Waals surface area contributed by atoms with Gasteiger partial charge in [-0.3, -0.25) is 0 Å². The smallest absolute Gasteiger partial charge is 0.209 e. The Morgan fingerprint density at radius 3 is 2.75 bits per heavy atom. The van der Waals surface area contributed by atoms with E-state index in [1.165, 1.54) is 11.3 Å². The zero-order valence-electron chi connectivity index (χ0n) is 6.37. The number of sulfonamides is 1.